The summed E-state index contributed by atoms with van der Waals surface area (Å²) in [5.41, 5.74) is 0.167. The molecule has 0 aliphatic rings. The van der Waals surface area contributed by atoms with Crippen molar-refractivity contribution in [1.29, 1.82) is 0 Å². The molecule has 7 nitrogen and oxygen atoms in total. The number of hydrogen-bond donors (Lipinski definition) is 2. The average Bonchev–Trinajstić information content (AvgIpc) is 2.60. The number of primary sulfonamides is 1. The van der Waals surface area contributed by atoms with Crippen LogP contribution in [0.25, 0.3) is 11.0 Å². The van der Waals surface area contributed by atoms with Gasteiger partial charge in [0.15, 0.2) is 5.78 Å². The van der Waals surface area contributed by atoms with Crippen molar-refractivity contribution in [3.8, 4) is 0 Å². The number of benzene rings is 2. The molecule has 3 N–H and O–H groups in total. The maximum Gasteiger partial charge on any atom is 0.347 e. The summed E-state index contributed by atoms with van der Waals surface area (Å²) in [4.78, 5) is 24.1. The van der Waals surface area contributed by atoms with E-state index in [1.54, 1.807) is 24.3 Å². The summed E-state index contributed by atoms with van der Waals surface area (Å²) in [5, 5.41) is 8.48. The predicted molar refractivity (Wildman–Crippen MR) is 97.4 cm³/mol. The standard InChI is InChI=1S/C18H14N2O5S/c19-26(23,24)14-7-5-13(6-8-14)20-10-9-16(21)15-11-12-3-1-2-4-17(12)25-18(15)22/h1-11,20H,(H2,19,23,24)/b10-9-. The summed E-state index contributed by atoms with van der Waals surface area (Å²) in [7, 11) is -3.76. The van der Waals surface area contributed by atoms with Gasteiger partial charge in [-0.3, -0.25) is 4.79 Å². The molecule has 1 heterocycles. The number of para-hydroxylation sites is 1. The Bertz CT molecular complexity index is 1160. The van der Waals surface area contributed by atoms with Gasteiger partial charge in [-0.15, -0.1) is 0 Å². The van der Waals surface area contributed by atoms with E-state index < -0.39 is 21.4 Å². The van der Waals surface area contributed by atoms with Crippen molar-refractivity contribution in [3.63, 3.8) is 0 Å². The average molecular weight is 370 g/mol. The minimum atomic E-state index is -3.76. The van der Waals surface area contributed by atoms with Crippen LogP contribution in [0.2, 0.25) is 0 Å². The lowest BCUT2D eigenvalue weighted by molar-refractivity contribution is 0.104. The lowest BCUT2D eigenvalue weighted by Crippen LogP contribution is -2.12. The van der Waals surface area contributed by atoms with Crippen LogP contribution in [0.4, 0.5) is 5.69 Å². The molecule has 1 aromatic heterocycles. The number of fused-ring (bicyclic) bond motifs is 1. The first kappa shape index (κ1) is 17.6. The van der Waals surface area contributed by atoms with Gasteiger partial charge in [0.05, 0.1) is 4.90 Å². The summed E-state index contributed by atoms with van der Waals surface area (Å²) >= 11 is 0. The summed E-state index contributed by atoms with van der Waals surface area (Å²) in [6, 6.07) is 14.1. The molecule has 0 atom stereocenters. The maximum absolute atomic E-state index is 12.2. The van der Waals surface area contributed by atoms with Crippen LogP contribution in [0.15, 0.2) is 81.0 Å². The molecule has 0 aliphatic heterocycles. The van der Waals surface area contributed by atoms with Gasteiger partial charge >= 0.3 is 5.63 Å². The smallest absolute Gasteiger partial charge is 0.347 e. The molecule has 0 unspecified atom stereocenters. The van der Waals surface area contributed by atoms with Crippen LogP contribution in [-0.4, -0.2) is 14.2 Å². The second-order valence-electron chi connectivity index (χ2n) is 5.40. The number of carbonyl (C=O) groups is 1. The number of sulfonamides is 1. The molecule has 0 radical (unpaired) electrons. The fourth-order valence-corrected chi connectivity index (χ4v) is 2.79. The number of hydrogen-bond acceptors (Lipinski definition) is 6. The van der Waals surface area contributed by atoms with Crippen LogP contribution >= 0.6 is 0 Å². The van der Waals surface area contributed by atoms with E-state index in [1.807, 2.05) is 0 Å². The van der Waals surface area contributed by atoms with Gasteiger partial charge in [-0.25, -0.2) is 18.4 Å². The lowest BCUT2D eigenvalue weighted by Gasteiger charge is -2.02. The molecular formula is C18H14N2O5S. The molecule has 0 aliphatic carbocycles. The summed E-state index contributed by atoms with van der Waals surface area (Å²) in [5.74, 6) is -0.516. The van der Waals surface area contributed by atoms with Crippen molar-refractivity contribution in [3.05, 3.63) is 82.9 Å². The zero-order chi connectivity index (χ0) is 18.7. The van der Waals surface area contributed by atoms with Crippen molar-refractivity contribution in [1.82, 2.24) is 0 Å². The largest absolute Gasteiger partial charge is 0.422 e. The van der Waals surface area contributed by atoms with Gasteiger partial charge in [0, 0.05) is 23.3 Å². The Hall–Kier alpha value is -3.23. The third-order valence-electron chi connectivity index (χ3n) is 3.57. The molecule has 0 bridgehead atoms. The number of ketones is 1. The highest BCUT2D eigenvalue weighted by atomic mass is 32.2. The van der Waals surface area contributed by atoms with Crippen LogP contribution in [0.5, 0.6) is 0 Å². The van der Waals surface area contributed by atoms with E-state index >= 15 is 0 Å². The van der Waals surface area contributed by atoms with Gasteiger partial charge in [0.2, 0.25) is 10.0 Å². The fraction of sp³-hybridized carbons (Fsp3) is 0. The van der Waals surface area contributed by atoms with Gasteiger partial charge in [-0.1, -0.05) is 18.2 Å². The Morgan fingerprint density at radius 1 is 1.08 bits per heavy atom. The van der Waals surface area contributed by atoms with Crippen molar-refractivity contribution in [2.45, 2.75) is 4.90 Å². The molecule has 0 amide bonds. The number of nitrogens with two attached hydrogens (primary N) is 1. The summed E-state index contributed by atoms with van der Waals surface area (Å²) in [6.07, 6.45) is 2.54. The molecule has 0 spiro atoms. The van der Waals surface area contributed by atoms with Gasteiger partial charge < -0.3 is 9.73 Å². The summed E-state index contributed by atoms with van der Waals surface area (Å²) < 4.78 is 27.5. The Balaban J connectivity index is 1.76. The molecule has 3 rings (SSSR count). The van der Waals surface area contributed by atoms with Crippen LogP contribution in [0, 0.1) is 0 Å². The van der Waals surface area contributed by atoms with Gasteiger partial charge in [0.25, 0.3) is 0 Å². The molecular weight excluding hydrogens is 356 g/mol. The van der Waals surface area contributed by atoms with Crippen molar-refractivity contribution >= 4 is 32.5 Å². The number of carbonyl (C=O) groups excluding carboxylic acids is 1. The molecule has 0 saturated carbocycles. The predicted octanol–water partition coefficient (Wildman–Crippen LogP) is 2.25. The van der Waals surface area contributed by atoms with E-state index in [-0.39, 0.29) is 10.5 Å². The fourth-order valence-electron chi connectivity index (χ4n) is 2.28. The van der Waals surface area contributed by atoms with Gasteiger partial charge in [0.1, 0.15) is 11.1 Å². The monoisotopic (exact) mass is 370 g/mol. The number of nitrogens with one attached hydrogen (secondary N) is 1. The third-order valence-corrected chi connectivity index (χ3v) is 4.50. The molecule has 0 saturated heterocycles. The van der Waals surface area contributed by atoms with Crippen LogP contribution in [0.1, 0.15) is 10.4 Å². The zero-order valence-corrected chi connectivity index (χ0v) is 14.2. The van der Waals surface area contributed by atoms with Crippen LogP contribution in [-0.2, 0) is 10.0 Å². The molecule has 2 aromatic carbocycles. The highest BCUT2D eigenvalue weighted by Gasteiger charge is 2.11. The van der Waals surface area contributed by atoms with Crippen molar-refractivity contribution in [2.24, 2.45) is 5.14 Å². The Morgan fingerprint density at radius 2 is 1.77 bits per heavy atom. The van der Waals surface area contributed by atoms with Crippen molar-refractivity contribution in [2.75, 3.05) is 5.32 Å². The molecule has 132 valence electrons. The normalized spacial score (nSPS) is 11.7. The van der Waals surface area contributed by atoms with Crippen LogP contribution < -0.4 is 16.1 Å². The lowest BCUT2D eigenvalue weighted by atomic mass is 10.1. The highest BCUT2D eigenvalue weighted by Crippen LogP contribution is 2.14. The SMILES string of the molecule is NS(=O)(=O)c1ccc(N/C=C\C(=O)c2cc3ccccc3oc2=O)cc1. The Kier molecular flexibility index (Phi) is 4.70. The number of allylic oxidation sites excluding steroid dienone is 1. The minimum absolute atomic E-state index is 0.0168. The Morgan fingerprint density at radius 3 is 2.46 bits per heavy atom. The topological polar surface area (TPSA) is 119 Å². The van der Waals surface area contributed by atoms with E-state index in [9.17, 15) is 18.0 Å². The second-order valence-corrected chi connectivity index (χ2v) is 6.96. The molecule has 26 heavy (non-hydrogen) atoms. The highest BCUT2D eigenvalue weighted by molar-refractivity contribution is 7.89. The number of anilines is 1. The maximum atomic E-state index is 12.2. The minimum Gasteiger partial charge on any atom is -0.422 e. The van der Waals surface area contributed by atoms with Gasteiger partial charge in [-0.05, 0) is 36.4 Å². The third kappa shape index (κ3) is 3.88. The molecule has 8 heteroatoms. The first-order chi connectivity index (χ1) is 12.3. The van der Waals surface area contributed by atoms with E-state index in [2.05, 4.69) is 5.32 Å². The molecule has 3 aromatic rings. The Labute approximate surface area is 148 Å². The number of rotatable bonds is 5. The van der Waals surface area contributed by atoms with E-state index in [1.165, 1.54) is 42.6 Å². The van der Waals surface area contributed by atoms with Crippen LogP contribution in [0.3, 0.4) is 0 Å². The van der Waals surface area contributed by atoms with E-state index in [0.29, 0.717) is 16.7 Å². The van der Waals surface area contributed by atoms with E-state index in [4.69, 9.17) is 9.56 Å². The first-order valence-electron chi connectivity index (χ1n) is 7.48. The van der Waals surface area contributed by atoms with E-state index in [0.717, 1.165) is 0 Å². The molecule has 0 fully saturated rings. The quantitative estimate of drug-likeness (QED) is 0.404. The van der Waals surface area contributed by atoms with Crippen molar-refractivity contribution < 1.29 is 17.6 Å². The second kappa shape index (κ2) is 6.95. The summed E-state index contributed by atoms with van der Waals surface area (Å²) in [6.45, 7) is 0. The zero-order valence-electron chi connectivity index (χ0n) is 13.4. The first-order valence-corrected chi connectivity index (χ1v) is 9.02. The van der Waals surface area contributed by atoms with Gasteiger partial charge in [-0.2, -0.15) is 0 Å².